The standard InChI is InChI=1S/C18H24N2S/c1-2-19-17-9-8-15(14-6-4-3-5-7-14)12-16(17)13-18-20-10-11-21-18/h3-7,10-11,15-17,19H,2,8-9,12-13H2,1H3. The topological polar surface area (TPSA) is 24.9 Å². The third-order valence-corrected chi connectivity index (χ3v) is 5.44. The van der Waals surface area contributed by atoms with Gasteiger partial charge in [0.15, 0.2) is 0 Å². The zero-order valence-corrected chi connectivity index (χ0v) is 13.5. The summed E-state index contributed by atoms with van der Waals surface area (Å²) in [4.78, 5) is 4.49. The second kappa shape index (κ2) is 7.19. The molecule has 0 aliphatic heterocycles. The summed E-state index contributed by atoms with van der Waals surface area (Å²) in [6, 6.07) is 11.7. The maximum atomic E-state index is 4.49. The van der Waals surface area contributed by atoms with Crippen LogP contribution in [0.4, 0.5) is 0 Å². The van der Waals surface area contributed by atoms with E-state index in [1.807, 2.05) is 6.20 Å². The zero-order chi connectivity index (χ0) is 14.5. The van der Waals surface area contributed by atoms with Crippen LogP contribution in [0.15, 0.2) is 41.9 Å². The summed E-state index contributed by atoms with van der Waals surface area (Å²) in [7, 11) is 0. The number of hydrogen-bond acceptors (Lipinski definition) is 3. The molecule has 1 aliphatic carbocycles. The summed E-state index contributed by atoms with van der Waals surface area (Å²) in [5, 5.41) is 7.08. The molecule has 0 radical (unpaired) electrons. The van der Waals surface area contributed by atoms with Gasteiger partial charge in [-0.15, -0.1) is 11.3 Å². The molecule has 1 heterocycles. The normalized spacial score (nSPS) is 25.9. The number of benzene rings is 1. The van der Waals surface area contributed by atoms with Crippen LogP contribution in [-0.2, 0) is 6.42 Å². The third kappa shape index (κ3) is 3.72. The van der Waals surface area contributed by atoms with E-state index in [0.29, 0.717) is 17.9 Å². The maximum Gasteiger partial charge on any atom is 0.0928 e. The van der Waals surface area contributed by atoms with E-state index >= 15 is 0 Å². The van der Waals surface area contributed by atoms with E-state index in [9.17, 15) is 0 Å². The lowest BCUT2D eigenvalue weighted by molar-refractivity contribution is 0.241. The lowest BCUT2D eigenvalue weighted by Crippen LogP contribution is -2.41. The number of nitrogens with one attached hydrogen (secondary N) is 1. The van der Waals surface area contributed by atoms with Crippen molar-refractivity contribution in [3.8, 4) is 0 Å². The van der Waals surface area contributed by atoms with Crippen LogP contribution in [0.1, 0.15) is 42.7 Å². The Hall–Kier alpha value is -1.19. The van der Waals surface area contributed by atoms with Crippen molar-refractivity contribution in [2.45, 2.75) is 44.6 Å². The van der Waals surface area contributed by atoms with Crippen molar-refractivity contribution < 1.29 is 0 Å². The highest BCUT2D eigenvalue weighted by atomic mass is 32.1. The van der Waals surface area contributed by atoms with Gasteiger partial charge in [0, 0.05) is 24.0 Å². The highest BCUT2D eigenvalue weighted by Gasteiger charge is 2.31. The Morgan fingerprint density at radius 3 is 2.81 bits per heavy atom. The summed E-state index contributed by atoms with van der Waals surface area (Å²) in [5.41, 5.74) is 1.51. The zero-order valence-electron chi connectivity index (χ0n) is 12.7. The van der Waals surface area contributed by atoms with Crippen LogP contribution in [0.2, 0.25) is 0 Å². The van der Waals surface area contributed by atoms with Gasteiger partial charge < -0.3 is 5.32 Å². The van der Waals surface area contributed by atoms with Crippen LogP contribution in [0.25, 0.3) is 0 Å². The molecule has 1 saturated carbocycles. The molecule has 3 unspecified atom stereocenters. The van der Waals surface area contributed by atoms with Gasteiger partial charge in [0.25, 0.3) is 0 Å². The van der Waals surface area contributed by atoms with E-state index in [0.717, 1.165) is 13.0 Å². The SMILES string of the molecule is CCNC1CCC(c2ccccc2)CC1Cc1nccs1. The van der Waals surface area contributed by atoms with Gasteiger partial charge in [0.1, 0.15) is 0 Å². The van der Waals surface area contributed by atoms with Crippen molar-refractivity contribution in [3.05, 3.63) is 52.5 Å². The van der Waals surface area contributed by atoms with Gasteiger partial charge in [-0.2, -0.15) is 0 Å². The fourth-order valence-corrected chi connectivity index (χ4v) is 4.34. The van der Waals surface area contributed by atoms with E-state index in [4.69, 9.17) is 0 Å². The Bertz CT molecular complexity index is 523. The fourth-order valence-electron chi connectivity index (χ4n) is 3.63. The minimum absolute atomic E-state index is 0.652. The van der Waals surface area contributed by atoms with Gasteiger partial charge in [-0.1, -0.05) is 37.3 Å². The van der Waals surface area contributed by atoms with E-state index in [1.54, 1.807) is 11.3 Å². The first-order valence-electron chi connectivity index (χ1n) is 8.03. The van der Waals surface area contributed by atoms with Crippen molar-refractivity contribution in [1.82, 2.24) is 10.3 Å². The lowest BCUT2D eigenvalue weighted by atomic mass is 9.74. The van der Waals surface area contributed by atoms with E-state index in [-0.39, 0.29) is 0 Å². The summed E-state index contributed by atoms with van der Waals surface area (Å²) in [6.07, 6.45) is 6.92. The second-order valence-corrected chi connectivity index (χ2v) is 6.95. The fraction of sp³-hybridized carbons (Fsp3) is 0.500. The molecular formula is C18H24N2S. The molecule has 1 aliphatic rings. The quantitative estimate of drug-likeness (QED) is 0.893. The van der Waals surface area contributed by atoms with Crippen molar-refractivity contribution >= 4 is 11.3 Å². The number of aromatic nitrogens is 1. The minimum atomic E-state index is 0.652. The highest BCUT2D eigenvalue weighted by Crippen LogP contribution is 2.38. The first-order chi connectivity index (χ1) is 10.4. The molecule has 2 aromatic rings. The average Bonchev–Trinajstić information content (AvgIpc) is 3.03. The first-order valence-corrected chi connectivity index (χ1v) is 8.91. The Balaban J connectivity index is 1.72. The molecule has 21 heavy (non-hydrogen) atoms. The van der Waals surface area contributed by atoms with Gasteiger partial charge >= 0.3 is 0 Å². The molecular weight excluding hydrogens is 276 g/mol. The second-order valence-electron chi connectivity index (χ2n) is 5.97. The lowest BCUT2D eigenvalue weighted by Gasteiger charge is -2.36. The average molecular weight is 300 g/mol. The maximum absolute atomic E-state index is 4.49. The van der Waals surface area contributed by atoms with Crippen LogP contribution in [0.5, 0.6) is 0 Å². The van der Waals surface area contributed by atoms with E-state index < -0.39 is 0 Å². The Morgan fingerprint density at radius 2 is 2.10 bits per heavy atom. The van der Waals surface area contributed by atoms with Crippen molar-refractivity contribution in [2.75, 3.05) is 6.54 Å². The molecule has 1 aromatic carbocycles. The largest absolute Gasteiger partial charge is 0.314 e. The summed E-state index contributed by atoms with van der Waals surface area (Å²) < 4.78 is 0. The van der Waals surface area contributed by atoms with Gasteiger partial charge in [0.05, 0.1) is 5.01 Å². The molecule has 112 valence electrons. The molecule has 0 amide bonds. The molecule has 0 spiro atoms. The monoisotopic (exact) mass is 300 g/mol. The summed E-state index contributed by atoms with van der Waals surface area (Å²) >= 11 is 1.79. The summed E-state index contributed by atoms with van der Waals surface area (Å²) in [6.45, 7) is 3.28. The molecule has 1 aromatic heterocycles. The van der Waals surface area contributed by atoms with Crippen molar-refractivity contribution in [1.29, 1.82) is 0 Å². The van der Waals surface area contributed by atoms with Gasteiger partial charge in [0.2, 0.25) is 0 Å². The number of hydrogen-bond donors (Lipinski definition) is 1. The molecule has 0 saturated heterocycles. The molecule has 2 nitrogen and oxygen atoms in total. The van der Waals surface area contributed by atoms with Crippen LogP contribution in [0, 0.1) is 5.92 Å². The molecule has 0 bridgehead atoms. The smallest absolute Gasteiger partial charge is 0.0928 e. The first kappa shape index (κ1) is 14.7. The Kier molecular flexibility index (Phi) is 5.04. The minimum Gasteiger partial charge on any atom is -0.314 e. The Morgan fingerprint density at radius 1 is 1.24 bits per heavy atom. The molecule has 3 rings (SSSR count). The predicted octanol–water partition coefficient (Wildman–Crippen LogP) is 4.25. The van der Waals surface area contributed by atoms with Gasteiger partial charge in [-0.25, -0.2) is 4.98 Å². The summed E-state index contributed by atoms with van der Waals surface area (Å²) in [5.74, 6) is 1.42. The van der Waals surface area contributed by atoms with Crippen molar-refractivity contribution in [2.24, 2.45) is 5.92 Å². The number of thiazole rings is 1. The van der Waals surface area contributed by atoms with Crippen LogP contribution < -0.4 is 5.32 Å². The Labute approximate surface area is 131 Å². The van der Waals surface area contributed by atoms with Gasteiger partial charge in [-0.3, -0.25) is 0 Å². The van der Waals surface area contributed by atoms with Crippen LogP contribution in [0.3, 0.4) is 0 Å². The van der Waals surface area contributed by atoms with Crippen LogP contribution in [-0.4, -0.2) is 17.6 Å². The van der Waals surface area contributed by atoms with Gasteiger partial charge in [-0.05, 0) is 43.2 Å². The van der Waals surface area contributed by atoms with Crippen LogP contribution >= 0.6 is 11.3 Å². The number of rotatable bonds is 5. The third-order valence-electron chi connectivity index (χ3n) is 4.64. The number of nitrogens with zero attached hydrogens (tertiary/aromatic N) is 1. The van der Waals surface area contributed by atoms with Crippen molar-refractivity contribution in [3.63, 3.8) is 0 Å². The molecule has 1 fully saturated rings. The highest BCUT2D eigenvalue weighted by molar-refractivity contribution is 7.09. The molecule has 3 heteroatoms. The molecule has 3 atom stereocenters. The van der Waals surface area contributed by atoms with E-state index in [1.165, 1.54) is 29.8 Å². The van der Waals surface area contributed by atoms with E-state index in [2.05, 4.69) is 52.9 Å². The molecule has 1 N–H and O–H groups in total. The predicted molar refractivity (Wildman–Crippen MR) is 89.8 cm³/mol.